The number of alkyl halides is 3. The van der Waals surface area contributed by atoms with Crippen LogP contribution in [0.1, 0.15) is 58.1 Å². The van der Waals surface area contributed by atoms with Crippen LogP contribution in [-0.2, 0) is 4.79 Å². The van der Waals surface area contributed by atoms with Crippen molar-refractivity contribution in [2.45, 2.75) is 64.2 Å². The second-order valence-electron chi connectivity index (χ2n) is 8.09. The molecule has 3 rings (SSSR count). The summed E-state index contributed by atoms with van der Waals surface area (Å²) in [6.07, 6.45) is -1.91. The Balaban J connectivity index is 2.15. The van der Waals surface area contributed by atoms with Gasteiger partial charge in [0.25, 0.3) is 0 Å². The van der Waals surface area contributed by atoms with E-state index < -0.39 is 23.7 Å². The number of benzene rings is 2. The molecule has 1 atom stereocenters. The molecule has 1 N–H and O–H groups in total. The van der Waals surface area contributed by atoms with E-state index in [2.05, 4.69) is 12.3 Å². The van der Waals surface area contributed by atoms with Gasteiger partial charge in [-0.2, -0.15) is 18.2 Å². The predicted molar refractivity (Wildman–Crippen MR) is 106 cm³/mol. The van der Waals surface area contributed by atoms with Gasteiger partial charge in [0.2, 0.25) is 5.91 Å². The summed E-state index contributed by atoms with van der Waals surface area (Å²) in [4.78, 5) is 12.0. The number of rotatable bonds is 7. The minimum atomic E-state index is -4.61. The summed E-state index contributed by atoms with van der Waals surface area (Å²) in [7, 11) is 0. The van der Waals surface area contributed by atoms with Crippen molar-refractivity contribution in [3.63, 3.8) is 0 Å². The molecule has 1 aliphatic heterocycles. The van der Waals surface area contributed by atoms with E-state index in [-0.39, 0.29) is 17.7 Å². The van der Waals surface area contributed by atoms with Crippen molar-refractivity contribution in [3.8, 4) is 5.75 Å². The number of ether oxygens (including phenoxy) is 1. The molecule has 1 unspecified atom stereocenters. The number of nitrogens with one attached hydrogen (secondary N) is 1. The highest BCUT2D eigenvalue weighted by atomic mass is 19.4. The summed E-state index contributed by atoms with van der Waals surface area (Å²) in [5, 5.41) is 2.21. The third-order valence-electron chi connectivity index (χ3n) is 5.27. The third-order valence-corrected chi connectivity index (χ3v) is 5.27. The van der Waals surface area contributed by atoms with Crippen LogP contribution in [0.4, 0.5) is 13.2 Å². The van der Waals surface area contributed by atoms with E-state index in [0.29, 0.717) is 17.4 Å². The maximum Gasteiger partial charge on any atom is 0.410 e. The first kappa shape index (κ1) is 21.4. The van der Waals surface area contributed by atoms with Gasteiger partial charge >= 0.3 is 6.18 Å². The van der Waals surface area contributed by atoms with Gasteiger partial charge in [0.05, 0.1) is 6.61 Å². The van der Waals surface area contributed by atoms with Crippen LogP contribution in [0.3, 0.4) is 0 Å². The minimum absolute atomic E-state index is 0.00294. The fourth-order valence-corrected chi connectivity index (χ4v) is 3.87. The fourth-order valence-electron chi connectivity index (χ4n) is 3.87. The van der Waals surface area contributed by atoms with E-state index in [4.69, 9.17) is 4.74 Å². The Bertz CT molecular complexity index is 880. The smallest absolute Gasteiger partial charge is 0.410 e. The molecule has 0 radical (unpaired) electrons. The first-order valence-electron chi connectivity index (χ1n) is 9.95. The van der Waals surface area contributed by atoms with Crippen molar-refractivity contribution < 1.29 is 22.7 Å². The lowest BCUT2D eigenvalue weighted by Gasteiger charge is -2.38. The Morgan fingerprint density at radius 3 is 2.52 bits per heavy atom. The van der Waals surface area contributed by atoms with E-state index in [0.717, 1.165) is 24.3 Å². The molecule has 0 saturated carbocycles. The highest BCUT2D eigenvalue weighted by molar-refractivity contribution is 5.88. The van der Waals surface area contributed by atoms with Crippen LogP contribution in [-0.4, -0.2) is 29.2 Å². The molecule has 0 spiro atoms. The molecule has 7 heteroatoms. The van der Waals surface area contributed by atoms with Gasteiger partial charge in [-0.3, -0.25) is 10.2 Å². The predicted octanol–water partition coefficient (Wildman–Crippen LogP) is 5.53. The minimum Gasteiger partial charge on any atom is -0.493 e. The number of fused-ring (bicyclic) bond motifs is 1. The molecule has 0 aromatic heterocycles. The second kappa shape index (κ2) is 8.22. The first-order chi connectivity index (χ1) is 13.6. The van der Waals surface area contributed by atoms with Gasteiger partial charge in [0.1, 0.15) is 5.75 Å². The molecule has 0 aliphatic carbocycles. The summed E-state index contributed by atoms with van der Waals surface area (Å²) < 4.78 is 49.1. The number of hydrogen-bond acceptors (Lipinski definition) is 3. The number of unbranched alkanes of at least 4 members (excludes halogenated alkanes) is 2. The zero-order valence-corrected chi connectivity index (χ0v) is 17.0. The number of hydrazine groups is 1. The molecule has 0 bridgehead atoms. The molecule has 4 nitrogen and oxygen atoms in total. The Labute approximate surface area is 169 Å². The van der Waals surface area contributed by atoms with E-state index in [1.54, 1.807) is 50.2 Å². The van der Waals surface area contributed by atoms with E-state index in [9.17, 15) is 18.0 Å². The molecule has 2 aromatic carbocycles. The Morgan fingerprint density at radius 2 is 1.90 bits per heavy atom. The molecular formula is C22H27F3N2O2. The summed E-state index contributed by atoms with van der Waals surface area (Å²) in [5.41, 5.74) is 1.49. The van der Waals surface area contributed by atoms with Crippen LogP contribution in [0, 0.1) is 0 Å². The highest BCUT2D eigenvalue weighted by Crippen LogP contribution is 2.48. The zero-order valence-electron chi connectivity index (χ0n) is 17.0. The van der Waals surface area contributed by atoms with Crippen LogP contribution >= 0.6 is 0 Å². The summed E-state index contributed by atoms with van der Waals surface area (Å²) in [6.45, 7) is 5.67. The van der Waals surface area contributed by atoms with Crippen molar-refractivity contribution >= 4 is 16.7 Å². The molecule has 1 saturated heterocycles. The SMILES string of the molecule is CCCCCOc1ccc2ccccc2c1C(N1NC(=O)CC1(C)C)C(F)(F)F. The number of carbonyl (C=O) groups excluding carboxylic acids is 1. The van der Waals surface area contributed by atoms with E-state index >= 15 is 0 Å². The summed E-state index contributed by atoms with van der Waals surface area (Å²) in [6, 6.07) is 8.32. The maximum atomic E-state index is 14.4. The van der Waals surface area contributed by atoms with Crippen LogP contribution in [0.25, 0.3) is 10.8 Å². The van der Waals surface area contributed by atoms with Crippen molar-refractivity contribution in [1.82, 2.24) is 10.4 Å². The van der Waals surface area contributed by atoms with Crippen LogP contribution in [0.2, 0.25) is 0 Å². The zero-order chi connectivity index (χ0) is 21.2. The largest absolute Gasteiger partial charge is 0.493 e. The lowest BCUT2D eigenvalue weighted by Crippen LogP contribution is -2.51. The highest BCUT2D eigenvalue weighted by Gasteiger charge is 2.54. The first-order valence-corrected chi connectivity index (χ1v) is 9.95. The van der Waals surface area contributed by atoms with E-state index in [1.807, 2.05) is 0 Å². The second-order valence-corrected chi connectivity index (χ2v) is 8.09. The van der Waals surface area contributed by atoms with Gasteiger partial charge in [0.15, 0.2) is 6.04 Å². The molecule has 29 heavy (non-hydrogen) atoms. The van der Waals surface area contributed by atoms with Crippen molar-refractivity contribution in [2.75, 3.05) is 6.61 Å². The molecule has 1 amide bonds. The number of amides is 1. The molecule has 1 fully saturated rings. The van der Waals surface area contributed by atoms with Crippen LogP contribution in [0.5, 0.6) is 5.75 Å². The van der Waals surface area contributed by atoms with Gasteiger partial charge in [0, 0.05) is 17.5 Å². The van der Waals surface area contributed by atoms with Crippen molar-refractivity contribution in [2.24, 2.45) is 0 Å². The van der Waals surface area contributed by atoms with Crippen molar-refractivity contribution in [3.05, 3.63) is 42.0 Å². The maximum absolute atomic E-state index is 14.4. The summed E-state index contributed by atoms with van der Waals surface area (Å²) >= 11 is 0. The topological polar surface area (TPSA) is 41.6 Å². The summed E-state index contributed by atoms with van der Waals surface area (Å²) in [5.74, 6) is -0.214. The average Bonchev–Trinajstić information content (AvgIpc) is 2.91. The van der Waals surface area contributed by atoms with E-state index in [1.165, 1.54) is 0 Å². The lowest BCUT2D eigenvalue weighted by molar-refractivity contribution is -0.203. The Hall–Kier alpha value is -2.28. The van der Waals surface area contributed by atoms with Crippen molar-refractivity contribution in [1.29, 1.82) is 0 Å². The van der Waals surface area contributed by atoms with Gasteiger partial charge in [-0.05, 0) is 37.1 Å². The fraction of sp³-hybridized carbons (Fsp3) is 0.500. The number of carbonyl (C=O) groups is 1. The van der Waals surface area contributed by atoms with Gasteiger partial charge in [-0.1, -0.05) is 50.1 Å². The number of hydrogen-bond donors (Lipinski definition) is 1. The average molecular weight is 408 g/mol. The standard InChI is InChI=1S/C22H27F3N2O2/c1-4-5-8-13-29-17-12-11-15-9-6-7-10-16(15)19(17)20(22(23,24)25)27-21(2,3)14-18(28)26-27/h6-7,9-12,20H,4-5,8,13-14H2,1-3H3,(H,26,28). The monoisotopic (exact) mass is 408 g/mol. The Kier molecular flexibility index (Phi) is 6.08. The molecular weight excluding hydrogens is 381 g/mol. The molecule has 1 heterocycles. The Morgan fingerprint density at radius 1 is 1.17 bits per heavy atom. The van der Waals surface area contributed by atoms with Gasteiger partial charge in [-0.25, -0.2) is 0 Å². The van der Waals surface area contributed by atoms with Crippen LogP contribution < -0.4 is 10.2 Å². The lowest BCUT2D eigenvalue weighted by atomic mass is 9.93. The molecule has 2 aromatic rings. The third kappa shape index (κ3) is 4.50. The number of halogens is 3. The number of nitrogens with zero attached hydrogens (tertiary/aromatic N) is 1. The molecule has 1 aliphatic rings. The van der Waals surface area contributed by atoms with Gasteiger partial charge in [-0.15, -0.1) is 0 Å². The van der Waals surface area contributed by atoms with Crippen LogP contribution in [0.15, 0.2) is 36.4 Å². The quantitative estimate of drug-likeness (QED) is 0.613. The molecule has 158 valence electrons. The van der Waals surface area contributed by atoms with Gasteiger partial charge < -0.3 is 4.74 Å². The normalized spacial score (nSPS) is 18.1.